The maximum atomic E-state index is 10.3. The molecule has 1 heterocycles. The highest BCUT2D eigenvalue weighted by atomic mass is 16.4. The van der Waals surface area contributed by atoms with Crippen LogP contribution in [0.2, 0.25) is 0 Å². The minimum absolute atomic E-state index is 0.148. The number of carbonyl (C=O) groups excluding carboxylic acids is 1. The fourth-order valence-electron chi connectivity index (χ4n) is 0.733. The van der Waals surface area contributed by atoms with Gasteiger partial charge in [0, 0.05) is 6.08 Å². The van der Waals surface area contributed by atoms with E-state index in [0.717, 1.165) is 0 Å². The maximum Gasteiger partial charge on any atom is 0.241 e. The predicted molar refractivity (Wildman–Crippen MR) is 42.9 cm³/mol. The SMILES string of the molecule is NC(=O)/C=C/c1ccc(CO)o1. The number of amides is 1. The average Bonchev–Trinajstić information content (AvgIpc) is 2.48. The van der Waals surface area contributed by atoms with E-state index in [0.29, 0.717) is 11.5 Å². The summed E-state index contributed by atoms with van der Waals surface area (Å²) in [6.07, 6.45) is 2.64. The first-order valence-corrected chi connectivity index (χ1v) is 3.39. The Labute approximate surface area is 69.3 Å². The molecule has 0 radical (unpaired) electrons. The van der Waals surface area contributed by atoms with Crippen LogP contribution in [-0.2, 0) is 11.4 Å². The monoisotopic (exact) mass is 167 g/mol. The summed E-state index contributed by atoms with van der Waals surface area (Å²) in [4.78, 5) is 10.3. The smallest absolute Gasteiger partial charge is 0.241 e. The molecular weight excluding hydrogens is 158 g/mol. The van der Waals surface area contributed by atoms with Gasteiger partial charge >= 0.3 is 0 Å². The van der Waals surface area contributed by atoms with Gasteiger partial charge in [-0.2, -0.15) is 0 Å². The number of aliphatic hydroxyl groups is 1. The lowest BCUT2D eigenvalue weighted by Crippen LogP contribution is -2.04. The van der Waals surface area contributed by atoms with E-state index < -0.39 is 5.91 Å². The first-order valence-electron chi connectivity index (χ1n) is 3.39. The van der Waals surface area contributed by atoms with E-state index >= 15 is 0 Å². The van der Waals surface area contributed by atoms with Crippen molar-refractivity contribution in [1.82, 2.24) is 0 Å². The third kappa shape index (κ3) is 2.25. The van der Waals surface area contributed by atoms with Gasteiger partial charge in [0.15, 0.2) is 0 Å². The molecule has 3 N–H and O–H groups in total. The zero-order chi connectivity index (χ0) is 8.97. The minimum atomic E-state index is -0.531. The van der Waals surface area contributed by atoms with Crippen molar-refractivity contribution in [2.45, 2.75) is 6.61 Å². The van der Waals surface area contributed by atoms with Crippen molar-refractivity contribution in [2.24, 2.45) is 5.73 Å². The Kier molecular flexibility index (Phi) is 2.66. The molecule has 0 aliphatic carbocycles. The van der Waals surface area contributed by atoms with Gasteiger partial charge in [0.25, 0.3) is 0 Å². The third-order valence-electron chi connectivity index (χ3n) is 1.25. The molecule has 0 saturated heterocycles. The summed E-state index contributed by atoms with van der Waals surface area (Å²) in [5.74, 6) is 0.425. The second-order valence-corrected chi connectivity index (χ2v) is 2.20. The molecule has 0 atom stereocenters. The van der Waals surface area contributed by atoms with Crippen LogP contribution in [-0.4, -0.2) is 11.0 Å². The molecule has 0 aliphatic rings. The quantitative estimate of drug-likeness (QED) is 0.634. The Morgan fingerprint density at radius 2 is 2.42 bits per heavy atom. The summed E-state index contributed by atoms with van der Waals surface area (Å²) in [5.41, 5.74) is 4.86. The molecular formula is C8H9NO3. The van der Waals surface area contributed by atoms with Gasteiger partial charge in [0.05, 0.1) is 0 Å². The Hall–Kier alpha value is -1.55. The van der Waals surface area contributed by atoms with Crippen LogP contribution in [0.1, 0.15) is 11.5 Å². The van der Waals surface area contributed by atoms with E-state index in [1.165, 1.54) is 12.2 Å². The Morgan fingerprint density at radius 3 is 2.92 bits per heavy atom. The first-order chi connectivity index (χ1) is 5.72. The van der Waals surface area contributed by atoms with Crippen LogP contribution in [0.4, 0.5) is 0 Å². The Morgan fingerprint density at radius 1 is 1.67 bits per heavy atom. The molecule has 1 aromatic rings. The summed E-state index contributed by atoms with van der Waals surface area (Å²) in [7, 11) is 0. The van der Waals surface area contributed by atoms with Crippen LogP contribution >= 0.6 is 0 Å². The number of primary amides is 1. The van der Waals surface area contributed by atoms with Crippen molar-refractivity contribution in [2.75, 3.05) is 0 Å². The van der Waals surface area contributed by atoms with Crippen molar-refractivity contribution in [3.8, 4) is 0 Å². The molecule has 0 unspecified atom stereocenters. The second kappa shape index (κ2) is 3.73. The zero-order valence-corrected chi connectivity index (χ0v) is 6.36. The molecule has 0 spiro atoms. The van der Waals surface area contributed by atoms with Gasteiger partial charge in [-0.25, -0.2) is 0 Å². The van der Waals surface area contributed by atoms with Crippen molar-refractivity contribution in [1.29, 1.82) is 0 Å². The van der Waals surface area contributed by atoms with E-state index in [1.807, 2.05) is 0 Å². The van der Waals surface area contributed by atoms with E-state index in [-0.39, 0.29) is 6.61 Å². The largest absolute Gasteiger partial charge is 0.459 e. The molecule has 1 aromatic heterocycles. The van der Waals surface area contributed by atoms with E-state index in [2.05, 4.69) is 0 Å². The van der Waals surface area contributed by atoms with Crippen LogP contribution in [0.15, 0.2) is 22.6 Å². The number of furan rings is 1. The summed E-state index contributed by atoms with van der Waals surface area (Å²) in [6.45, 7) is -0.148. The lowest BCUT2D eigenvalue weighted by Gasteiger charge is -1.85. The lowest BCUT2D eigenvalue weighted by atomic mass is 10.4. The first kappa shape index (κ1) is 8.55. The van der Waals surface area contributed by atoms with Crippen LogP contribution in [0.3, 0.4) is 0 Å². The van der Waals surface area contributed by atoms with Crippen LogP contribution < -0.4 is 5.73 Å². The number of aliphatic hydroxyl groups excluding tert-OH is 1. The van der Waals surface area contributed by atoms with Crippen molar-refractivity contribution >= 4 is 12.0 Å². The minimum Gasteiger partial charge on any atom is -0.459 e. The molecule has 0 bridgehead atoms. The van der Waals surface area contributed by atoms with Gasteiger partial charge < -0.3 is 15.3 Å². The van der Waals surface area contributed by atoms with E-state index in [4.69, 9.17) is 15.3 Å². The van der Waals surface area contributed by atoms with Crippen LogP contribution in [0.25, 0.3) is 6.08 Å². The molecule has 4 heteroatoms. The number of hydrogen-bond acceptors (Lipinski definition) is 3. The van der Waals surface area contributed by atoms with Crippen molar-refractivity contribution in [3.63, 3.8) is 0 Å². The summed E-state index contributed by atoms with van der Waals surface area (Å²) in [5, 5.41) is 8.62. The number of nitrogens with two attached hydrogens (primary N) is 1. The zero-order valence-electron chi connectivity index (χ0n) is 6.36. The molecule has 0 aliphatic heterocycles. The summed E-state index contributed by atoms with van der Waals surface area (Å²) >= 11 is 0. The van der Waals surface area contributed by atoms with Gasteiger partial charge in [-0.05, 0) is 18.2 Å². The van der Waals surface area contributed by atoms with E-state index in [9.17, 15) is 4.79 Å². The van der Waals surface area contributed by atoms with Gasteiger partial charge in [0.2, 0.25) is 5.91 Å². The van der Waals surface area contributed by atoms with Crippen LogP contribution in [0, 0.1) is 0 Å². The lowest BCUT2D eigenvalue weighted by molar-refractivity contribution is -0.113. The fraction of sp³-hybridized carbons (Fsp3) is 0.125. The number of hydrogen-bond donors (Lipinski definition) is 2. The van der Waals surface area contributed by atoms with Gasteiger partial charge in [-0.15, -0.1) is 0 Å². The topological polar surface area (TPSA) is 76.5 Å². The molecule has 12 heavy (non-hydrogen) atoms. The molecule has 1 rings (SSSR count). The number of rotatable bonds is 3. The highest BCUT2D eigenvalue weighted by molar-refractivity contribution is 5.89. The fourth-order valence-corrected chi connectivity index (χ4v) is 0.733. The number of carbonyl (C=O) groups is 1. The molecule has 0 aromatic carbocycles. The second-order valence-electron chi connectivity index (χ2n) is 2.20. The molecule has 4 nitrogen and oxygen atoms in total. The summed E-state index contributed by atoms with van der Waals surface area (Å²) < 4.78 is 5.04. The highest BCUT2D eigenvalue weighted by Crippen LogP contribution is 2.08. The molecule has 0 saturated carbocycles. The van der Waals surface area contributed by atoms with Crippen molar-refractivity contribution < 1.29 is 14.3 Å². The Bertz CT molecular complexity index is 301. The van der Waals surface area contributed by atoms with Crippen LogP contribution in [0.5, 0.6) is 0 Å². The molecule has 1 amide bonds. The normalized spacial score (nSPS) is 10.8. The molecule has 0 fully saturated rings. The summed E-state index contributed by atoms with van der Waals surface area (Å²) in [6, 6.07) is 3.27. The van der Waals surface area contributed by atoms with Gasteiger partial charge in [0.1, 0.15) is 18.1 Å². The third-order valence-corrected chi connectivity index (χ3v) is 1.25. The Balaban J connectivity index is 2.70. The molecule has 64 valence electrons. The van der Waals surface area contributed by atoms with Crippen molar-refractivity contribution in [3.05, 3.63) is 29.7 Å². The van der Waals surface area contributed by atoms with E-state index in [1.54, 1.807) is 12.1 Å². The predicted octanol–water partition coefficient (Wildman–Crippen LogP) is 0.270. The average molecular weight is 167 g/mol. The van der Waals surface area contributed by atoms with Gasteiger partial charge in [-0.1, -0.05) is 0 Å². The highest BCUT2D eigenvalue weighted by Gasteiger charge is 1.96. The maximum absolute atomic E-state index is 10.3. The van der Waals surface area contributed by atoms with Gasteiger partial charge in [-0.3, -0.25) is 4.79 Å². The standard InChI is InChI=1S/C8H9NO3/c9-8(11)4-3-6-1-2-7(5-10)12-6/h1-4,10H,5H2,(H2,9,11)/b4-3+.